The Morgan fingerprint density at radius 3 is 2.88 bits per heavy atom. The van der Waals surface area contributed by atoms with Gasteiger partial charge in [-0.25, -0.2) is 4.79 Å². The van der Waals surface area contributed by atoms with Gasteiger partial charge in [-0.3, -0.25) is 0 Å². The van der Waals surface area contributed by atoms with Crippen LogP contribution in [0.25, 0.3) is 0 Å². The van der Waals surface area contributed by atoms with Gasteiger partial charge in [-0.2, -0.15) is 0 Å². The highest BCUT2D eigenvalue weighted by molar-refractivity contribution is 5.87. The maximum absolute atomic E-state index is 11.0. The summed E-state index contributed by atoms with van der Waals surface area (Å²) < 4.78 is 0. The van der Waals surface area contributed by atoms with Gasteiger partial charge in [-0.15, -0.1) is 12.4 Å². The fourth-order valence-corrected chi connectivity index (χ4v) is 2.68. The molecule has 2 aliphatic heterocycles. The van der Waals surface area contributed by atoms with Gasteiger partial charge >= 0.3 is 5.97 Å². The molecule has 90 valence electrons. The van der Waals surface area contributed by atoms with Crippen LogP contribution in [0.2, 0.25) is 0 Å². The van der Waals surface area contributed by atoms with Crippen LogP contribution in [-0.2, 0) is 4.79 Å². The summed E-state index contributed by atoms with van der Waals surface area (Å²) >= 11 is 0. The minimum atomic E-state index is -0.787. The number of hydrogen-bond acceptors (Lipinski definition) is 2. The summed E-state index contributed by atoms with van der Waals surface area (Å²) in [6.45, 7) is 0.792. The Morgan fingerprint density at radius 1 is 1.35 bits per heavy atom. The van der Waals surface area contributed by atoms with Crippen LogP contribution in [0.5, 0.6) is 0 Å². The molecule has 0 fully saturated rings. The number of rotatable bonds is 1. The van der Waals surface area contributed by atoms with Crippen LogP contribution in [-0.4, -0.2) is 22.5 Å². The topological polar surface area (TPSA) is 40.5 Å². The average Bonchev–Trinajstić information content (AvgIpc) is 2.29. The van der Waals surface area contributed by atoms with Gasteiger partial charge in [-0.1, -0.05) is 24.3 Å². The number of aliphatic carboxylic acids is 1. The minimum absolute atomic E-state index is 0. The fraction of sp³-hybridized carbons (Fsp3) is 0.308. The molecule has 0 aromatic carbocycles. The number of carboxylic acid groups (broad SMARTS) is 1. The van der Waals surface area contributed by atoms with Crippen molar-refractivity contribution < 1.29 is 9.90 Å². The lowest BCUT2D eigenvalue weighted by molar-refractivity contribution is -0.133. The Kier molecular flexibility index (Phi) is 3.11. The average molecular weight is 252 g/mol. The van der Waals surface area contributed by atoms with E-state index in [4.69, 9.17) is 5.11 Å². The van der Waals surface area contributed by atoms with Gasteiger partial charge in [0.15, 0.2) is 0 Å². The largest absolute Gasteiger partial charge is 0.478 e. The zero-order valence-electron chi connectivity index (χ0n) is 9.30. The van der Waals surface area contributed by atoms with Crippen molar-refractivity contribution >= 4 is 18.4 Å². The highest BCUT2D eigenvalue weighted by atomic mass is 35.5. The monoisotopic (exact) mass is 251 g/mol. The molecule has 2 heterocycles. The standard InChI is InChI=1S/C13H13NO2.ClH/c15-13(16)11-7-10-4-1-3-9-5-2-6-14(8-11)12(9)10;/h1-3,5,8,10H,4,6-7H2,(H,15,16);1H. The molecule has 0 amide bonds. The first kappa shape index (κ1) is 12.0. The molecule has 1 atom stereocenters. The number of carboxylic acids is 1. The summed E-state index contributed by atoms with van der Waals surface area (Å²) in [6, 6.07) is 0. The molecule has 0 saturated carbocycles. The molecular weight excluding hydrogens is 238 g/mol. The highest BCUT2D eigenvalue weighted by Gasteiger charge is 2.31. The van der Waals surface area contributed by atoms with Crippen LogP contribution in [0.3, 0.4) is 0 Å². The lowest BCUT2D eigenvalue weighted by Gasteiger charge is -2.38. The third-order valence-corrected chi connectivity index (χ3v) is 3.36. The summed E-state index contributed by atoms with van der Waals surface area (Å²) in [5, 5.41) is 9.08. The van der Waals surface area contributed by atoms with E-state index in [1.54, 1.807) is 6.20 Å². The van der Waals surface area contributed by atoms with E-state index < -0.39 is 5.97 Å². The molecule has 0 radical (unpaired) electrons. The Hall–Kier alpha value is -1.48. The highest BCUT2D eigenvalue weighted by Crippen LogP contribution is 2.39. The third kappa shape index (κ3) is 1.91. The maximum Gasteiger partial charge on any atom is 0.333 e. The molecule has 0 spiro atoms. The van der Waals surface area contributed by atoms with E-state index in [2.05, 4.69) is 29.2 Å². The van der Waals surface area contributed by atoms with Crippen molar-refractivity contribution in [3.63, 3.8) is 0 Å². The van der Waals surface area contributed by atoms with E-state index in [1.165, 1.54) is 11.3 Å². The number of hydrogen-bond donors (Lipinski definition) is 1. The van der Waals surface area contributed by atoms with Crippen LogP contribution >= 0.6 is 12.4 Å². The fourth-order valence-electron chi connectivity index (χ4n) is 2.68. The van der Waals surface area contributed by atoms with Crippen LogP contribution in [0.15, 0.2) is 47.3 Å². The lowest BCUT2D eigenvalue weighted by atomic mass is 9.82. The molecule has 1 N–H and O–H groups in total. The number of nitrogens with zero attached hydrogens (tertiary/aromatic N) is 1. The molecule has 0 aromatic rings. The normalized spacial score (nSPS) is 25.1. The molecule has 0 saturated heterocycles. The van der Waals surface area contributed by atoms with E-state index in [0.29, 0.717) is 17.9 Å². The van der Waals surface area contributed by atoms with Crippen molar-refractivity contribution in [2.45, 2.75) is 12.8 Å². The summed E-state index contributed by atoms with van der Waals surface area (Å²) in [4.78, 5) is 13.1. The Labute approximate surface area is 106 Å². The second-order valence-electron chi connectivity index (χ2n) is 4.39. The third-order valence-electron chi connectivity index (χ3n) is 3.36. The Balaban J connectivity index is 0.00000108. The van der Waals surface area contributed by atoms with Crippen LogP contribution in [0.1, 0.15) is 12.8 Å². The predicted molar refractivity (Wildman–Crippen MR) is 67.7 cm³/mol. The zero-order valence-corrected chi connectivity index (χ0v) is 10.1. The van der Waals surface area contributed by atoms with E-state index >= 15 is 0 Å². The van der Waals surface area contributed by atoms with Crippen LogP contribution < -0.4 is 0 Å². The van der Waals surface area contributed by atoms with Gasteiger partial charge in [0.1, 0.15) is 0 Å². The number of halogens is 1. The van der Waals surface area contributed by atoms with Crippen molar-refractivity contribution in [3.8, 4) is 0 Å². The second kappa shape index (κ2) is 4.41. The molecule has 3 aliphatic rings. The SMILES string of the molecule is Cl.O=C(O)C1=CN2CC=CC3=C2C(CC=C3)C1. The first-order valence-corrected chi connectivity index (χ1v) is 5.53. The number of carbonyl (C=O) groups is 1. The van der Waals surface area contributed by atoms with Gasteiger partial charge in [0.25, 0.3) is 0 Å². The molecular formula is C13H14ClNO2. The number of allylic oxidation sites excluding steroid dienone is 5. The molecule has 4 heteroatoms. The summed E-state index contributed by atoms with van der Waals surface area (Å²) in [5.41, 5.74) is 3.07. The summed E-state index contributed by atoms with van der Waals surface area (Å²) in [5.74, 6) is -0.439. The van der Waals surface area contributed by atoms with Crippen molar-refractivity contribution in [1.29, 1.82) is 0 Å². The van der Waals surface area contributed by atoms with Gasteiger partial charge in [0, 0.05) is 24.4 Å². The summed E-state index contributed by atoms with van der Waals surface area (Å²) in [6.07, 6.45) is 11.9. The maximum atomic E-state index is 11.0. The molecule has 0 aromatic heterocycles. The molecule has 1 aliphatic carbocycles. The smallest absolute Gasteiger partial charge is 0.333 e. The molecule has 1 unspecified atom stereocenters. The Morgan fingerprint density at radius 2 is 2.12 bits per heavy atom. The van der Waals surface area contributed by atoms with Crippen LogP contribution in [0.4, 0.5) is 0 Å². The van der Waals surface area contributed by atoms with Crippen LogP contribution in [0, 0.1) is 5.92 Å². The minimum Gasteiger partial charge on any atom is -0.478 e. The lowest BCUT2D eigenvalue weighted by Crippen LogP contribution is -2.33. The van der Waals surface area contributed by atoms with E-state index in [1.807, 2.05) is 0 Å². The second-order valence-corrected chi connectivity index (χ2v) is 4.39. The van der Waals surface area contributed by atoms with Crippen molar-refractivity contribution in [3.05, 3.63) is 47.3 Å². The zero-order chi connectivity index (χ0) is 11.1. The molecule has 3 rings (SSSR count). The van der Waals surface area contributed by atoms with E-state index in [-0.39, 0.29) is 12.4 Å². The molecule has 3 nitrogen and oxygen atoms in total. The first-order valence-electron chi connectivity index (χ1n) is 5.53. The van der Waals surface area contributed by atoms with Gasteiger partial charge < -0.3 is 10.0 Å². The quantitative estimate of drug-likeness (QED) is 0.778. The van der Waals surface area contributed by atoms with E-state index in [0.717, 1.165) is 13.0 Å². The first-order chi connectivity index (χ1) is 7.75. The van der Waals surface area contributed by atoms with Gasteiger partial charge in [0.05, 0.1) is 5.57 Å². The van der Waals surface area contributed by atoms with E-state index in [9.17, 15) is 4.79 Å². The van der Waals surface area contributed by atoms with Gasteiger partial charge in [0.2, 0.25) is 0 Å². The Bertz CT molecular complexity index is 470. The molecule has 17 heavy (non-hydrogen) atoms. The van der Waals surface area contributed by atoms with Gasteiger partial charge in [-0.05, 0) is 18.4 Å². The summed E-state index contributed by atoms with van der Waals surface area (Å²) in [7, 11) is 0. The molecule has 0 bridgehead atoms. The van der Waals surface area contributed by atoms with Crippen molar-refractivity contribution in [2.24, 2.45) is 5.92 Å². The van der Waals surface area contributed by atoms with Crippen molar-refractivity contribution in [2.75, 3.05) is 6.54 Å². The predicted octanol–water partition coefficient (Wildman–Crippen LogP) is 2.48. The van der Waals surface area contributed by atoms with Crippen molar-refractivity contribution in [1.82, 2.24) is 4.90 Å².